The van der Waals surface area contributed by atoms with Crippen molar-refractivity contribution >= 4 is 23.2 Å². The van der Waals surface area contributed by atoms with Gasteiger partial charge in [-0.25, -0.2) is 0 Å². The number of benzene rings is 2. The fourth-order valence-corrected chi connectivity index (χ4v) is 2.73. The number of rotatable bonds is 9. The van der Waals surface area contributed by atoms with Crippen LogP contribution in [0.15, 0.2) is 48.5 Å². The number of anilines is 2. The van der Waals surface area contributed by atoms with Crippen molar-refractivity contribution in [3.63, 3.8) is 0 Å². The Kier molecular flexibility index (Phi) is 7.86. The molecule has 0 atom stereocenters. The Morgan fingerprint density at radius 1 is 1.00 bits per heavy atom. The zero-order chi connectivity index (χ0) is 19.6. The molecule has 0 saturated heterocycles. The summed E-state index contributed by atoms with van der Waals surface area (Å²) in [7, 11) is 0. The molecule has 0 radical (unpaired) electrons. The summed E-state index contributed by atoms with van der Waals surface area (Å²) >= 11 is 0. The summed E-state index contributed by atoms with van der Waals surface area (Å²) in [6.45, 7) is 7.20. The quantitative estimate of drug-likeness (QED) is 0.576. The molecule has 0 heterocycles. The monoisotopic (exact) mass is 367 g/mol. The first-order chi connectivity index (χ1) is 13.0. The number of para-hydroxylation sites is 1. The summed E-state index contributed by atoms with van der Waals surface area (Å²) in [6, 6.07) is 14.9. The van der Waals surface area contributed by atoms with Crippen molar-refractivity contribution in [3.8, 4) is 0 Å². The number of hydrogen-bond donors (Lipinski definition) is 3. The Bertz CT molecular complexity index is 754. The molecule has 0 fully saturated rings. The Hall–Kier alpha value is -2.82. The average molecular weight is 367 g/mol. The number of amides is 2. The summed E-state index contributed by atoms with van der Waals surface area (Å²) in [4.78, 5) is 24.2. The standard InChI is InChI=1S/C22H29N3O2/c1-4-5-14-23-22(27)17-10-12-18(13-11-17)25-21(26)15-24-20-9-7-6-8-19(20)16(2)3/h6-13,16,24H,4-5,14-15H2,1-3H3,(H,23,27)(H,25,26). The highest BCUT2D eigenvalue weighted by Gasteiger charge is 2.09. The lowest BCUT2D eigenvalue weighted by Crippen LogP contribution is -2.24. The smallest absolute Gasteiger partial charge is 0.251 e. The maximum Gasteiger partial charge on any atom is 0.251 e. The molecule has 2 rings (SSSR count). The summed E-state index contributed by atoms with van der Waals surface area (Å²) in [6.07, 6.45) is 2.01. The van der Waals surface area contributed by atoms with E-state index in [9.17, 15) is 9.59 Å². The number of carbonyl (C=O) groups excluding carboxylic acids is 2. The Morgan fingerprint density at radius 2 is 1.70 bits per heavy atom. The van der Waals surface area contributed by atoms with Gasteiger partial charge >= 0.3 is 0 Å². The summed E-state index contributed by atoms with van der Waals surface area (Å²) in [5.74, 6) is 0.162. The SMILES string of the molecule is CCCCNC(=O)c1ccc(NC(=O)CNc2ccccc2C(C)C)cc1. The predicted octanol–water partition coefficient (Wildman–Crippen LogP) is 4.39. The third-order valence-electron chi connectivity index (χ3n) is 4.27. The van der Waals surface area contributed by atoms with E-state index in [1.807, 2.05) is 18.2 Å². The van der Waals surface area contributed by atoms with E-state index in [0.717, 1.165) is 18.5 Å². The third-order valence-corrected chi connectivity index (χ3v) is 4.27. The molecule has 0 aliphatic rings. The van der Waals surface area contributed by atoms with Crippen LogP contribution in [-0.4, -0.2) is 24.9 Å². The van der Waals surface area contributed by atoms with Crippen LogP contribution in [0.4, 0.5) is 11.4 Å². The van der Waals surface area contributed by atoms with Gasteiger partial charge in [-0.1, -0.05) is 45.4 Å². The maximum absolute atomic E-state index is 12.2. The topological polar surface area (TPSA) is 70.2 Å². The van der Waals surface area contributed by atoms with Crippen LogP contribution < -0.4 is 16.0 Å². The second kappa shape index (κ2) is 10.4. The van der Waals surface area contributed by atoms with Gasteiger partial charge in [0.15, 0.2) is 0 Å². The highest BCUT2D eigenvalue weighted by atomic mass is 16.2. The van der Waals surface area contributed by atoms with Gasteiger partial charge in [-0.2, -0.15) is 0 Å². The van der Waals surface area contributed by atoms with Crippen LogP contribution in [0.1, 0.15) is 55.5 Å². The summed E-state index contributed by atoms with van der Waals surface area (Å²) in [5.41, 5.74) is 3.42. The van der Waals surface area contributed by atoms with Crippen molar-refractivity contribution in [1.29, 1.82) is 0 Å². The molecular weight excluding hydrogens is 338 g/mol. The van der Waals surface area contributed by atoms with Gasteiger partial charge in [-0.15, -0.1) is 0 Å². The van der Waals surface area contributed by atoms with Crippen molar-refractivity contribution in [3.05, 3.63) is 59.7 Å². The van der Waals surface area contributed by atoms with Crippen molar-refractivity contribution in [2.45, 2.75) is 39.5 Å². The van der Waals surface area contributed by atoms with Crippen LogP contribution in [0, 0.1) is 0 Å². The lowest BCUT2D eigenvalue weighted by molar-refractivity contribution is -0.114. The fraction of sp³-hybridized carbons (Fsp3) is 0.364. The van der Waals surface area contributed by atoms with Gasteiger partial charge in [0, 0.05) is 23.5 Å². The van der Waals surface area contributed by atoms with E-state index < -0.39 is 0 Å². The molecule has 0 aromatic heterocycles. The molecule has 3 N–H and O–H groups in total. The molecule has 5 heteroatoms. The third kappa shape index (κ3) is 6.44. The van der Waals surface area contributed by atoms with Crippen molar-refractivity contribution in [2.75, 3.05) is 23.7 Å². The predicted molar refractivity (Wildman–Crippen MR) is 111 cm³/mol. The van der Waals surface area contributed by atoms with Gasteiger partial charge in [-0.05, 0) is 48.2 Å². The van der Waals surface area contributed by atoms with E-state index in [2.05, 4.69) is 42.8 Å². The normalized spacial score (nSPS) is 10.5. The zero-order valence-corrected chi connectivity index (χ0v) is 16.3. The minimum Gasteiger partial charge on any atom is -0.376 e. The van der Waals surface area contributed by atoms with E-state index >= 15 is 0 Å². The first-order valence-electron chi connectivity index (χ1n) is 9.52. The lowest BCUT2D eigenvalue weighted by Gasteiger charge is -2.14. The van der Waals surface area contributed by atoms with E-state index in [-0.39, 0.29) is 18.4 Å². The van der Waals surface area contributed by atoms with Gasteiger partial charge in [0.25, 0.3) is 5.91 Å². The van der Waals surface area contributed by atoms with Gasteiger partial charge < -0.3 is 16.0 Å². The van der Waals surface area contributed by atoms with Crippen molar-refractivity contribution in [2.24, 2.45) is 0 Å². The molecule has 2 aromatic rings. The molecule has 0 unspecified atom stereocenters. The van der Waals surface area contributed by atoms with Crippen LogP contribution in [0.5, 0.6) is 0 Å². The van der Waals surface area contributed by atoms with E-state index in [1.54, 1.807) is 24.3 Å². The summed E-state index contributed by atoms with van der Waals surface area (Å²) < 4.78 is 0. The summed E-state index contributed by atoms with van der Waals surface area (Å²) in [5, 5.41) is 8.92. The van der Waals surface area contributed by atoms with Crippen LogP contribution in [0.25, 0.3) is 0 Å². The first-order valence-corrected chi connectivity index (χ1v) is 9.52. The maximum atomic E-state index is 12.2. The first kappa shape index (κ1) is 20.5. The fourth-order valence-electron chi connectivity index (χ4n) is 2.73. The minimum atomic E-state index is -0.131. The Morgan fingerprint density at radius 3 is 2.37 bits per heavy atom. The zero-order valence-electron chi connectivity index (χ0n) is 16.3. The molecule has 0 spiro atoms. The number of unbranched alkanes of at least 4 members (excludes halogenated alkanes) is 1. The molecule has 5 nitrogen and oxygen atoms in total. The Labute approximate surface area is 161 Å². The van der Waals surface area contributed by atoms with Crippen LogP contribution in [0.2, 0.25) is 0 Å². The van der Waals surface area contributed by atoms with E-state index in [4.69, 9.17) is 0 Å². The molecule has 0 saturated carbocycles. The lowest BCUT2D eigenvalue weighted by atomic mass is 10.0. The molecule has 2 aromatic carbocycles. The second-order valence-corrected chi connectivity index (χ2v) is 6.83. The van der Waals surface area contributed by atoms with Gasteiger partial charge in [0.1, 0.15) is 0 Å². The molecule has 0 aliphatic heterocycles. The van der Waals surface area contributed by atoms with Gasteiger partial charge in [-0.3, -0.25) is 9.59 Å². The van der Waals surface area contributed by atoms with E-state index in [0.29, 0.717) is 23.7 Å². The molecular formula is C22H29N3O2. The molecule has 144 valence electrons. The van der Waals surface area contributed by atoms with Crippen LogP contribution in [-0.2, 0) is 4.79 Å². The average Bonchev–Trinajstić information content (AvgIpc) is 2.67. The highest BCUT2D eigenvalue weighted by Crippen LogP contribution is 2.23. The largest absolute Gasteiger partial charge is 0.376 e. The molecule has 0 aliphatic carbocycles. The molecule has 27 heavy (non-hydrogen) atoms. The van der Waals surface area contributed by atoms with E-state index in [1.165, 1.54) is 5.56 Å². The Balaban J connectivity index is 1.86. The van der Waals surface area contributed by atoms with Gasteiger partial charge in [0.2, 0.25) is 5.91 Å². The number of hydrogen-bond acceptors (Lipinski definition) is 3. The highest BCUT2D eigenvalue weighted by molar-refractivity contribution is 5.96. The minimum absolute atomic E-state index is 0.0896. The second-order valence-electron chi connectivity index (χ2n) is 6.83. The van der Waals surface area contributed by atoms with Crippen molar-refractivity contribution in [1.82, 2.24) is 5.32 Å². The number of carbonyl (C=O) groups is 2. The number of nitrogens with one attached hydrogen (secondary N) is 3. The van der Waals surface area contributed by atoms with Crippen LogP contribution in [0.3, 0.4) is 0 Å². The van der Waals surface area contributed by atoms with Crippen molar-refractivity contribution < 1.29 is 9.59 Å². The molecule has 0 bridgehead atoms. The van der Waals surface area contributed by atoms with Gasteiger partial charge in [0.05, 0.1) is 6.54 Å². The van der Waals surface area contributed by atoms with Crippen LogP contribution >= 0.6 is 0 Å². The molecule has 2 amide bonds.